The van der Waals surface area contributed by atoms with Crippen molar-refractivity contribution in [2.75, 3.05) is 0 Å². The predicted octanol–water partition coefficient (Wildman–Crippen LogP) is -1.67. The van der Waals surface area contributed by atoms with Gasteiger partial charge in [0.05, 0.1) is 9.79 Å². The first-order chi connectivity index (χ1) is 7.05. The first kappa shape index (κ1) is 12.7. The van der Waals surface area contributed by atoms with Crippen molar-refractivity contribution in [1.29, 1.82) is 0 Å². The largest absolute Gasteiger partial charge is 0.872 e. The zero-order chi connectivity index (χ0) is 12.7. The summed E-state index contributed by atoms with van der Waals surface area (Å²) in [6.07, 6.45) is 0. The van der Waals surface area contributed by atoms with Gasteiger partial charge in [-0.15, -0.1) is 0 Å². The van der Waals surface area contributed by atoms with Crippen molar-refractivity contribution in [3.63, 3.8) is 0 Å². The summed E-state index contributed by atoms with van der Waals surface area (Å²) in [5.74, 6) is -3.13. The summed E-state index contributed by atoms with van der Waals surface area (Å²) in [6, 6.07) is 0.891. The minimum atomic E-state index is -5.15. The molecule has 0 saturated carbocycles. The molecular weight excluding hydrogens is 264 g/mol. The Kier molecular flexibility index (Phi) is 2.85. The van der Waals surface area contributed by atoms with E-state index in [1.165, 1.54) is 0 Å². The molecule has 0 radical (unpaired) electrons. The molecule has 0 unspecified atom stereocenters. The molecule has 0 spiro atoms. The lowest BCUT2D eigenvalue weighted by molar-refractivity contribution is -0.291. The van der Waals surface area contributed by atoms with Crippen LogP contribution in [0.25, 0.3) is 0 Å². The van der Waals surface area contributed by atoms with Crippen LogP contribution in [0.5, 0.6) is 11.5 Å². The fourth-order valence-corrected chi connectivity index (χ4v) is 2.28. The van der Waals surface area contributed by atoms with Crippen LogP contribution < -0.4 is 10.2 Å². The highest BCUT2D eigenvalue weighted by Crippen LogP contribution is 2.33. The van der Waals surface area contributed by atoms with Gasteiger partial charge in [-0.3, -0.25) is 9.11 Å². The average molecular weight is 268 g/mol. The number of hydrogen-bond acceptors (Lipinski definition) is 6. The van der Waals surface area contributed by atoms with E-state index in [1.54, 1.807) is 0 Å². The second-order valence-corrected chi connectivity index (χ2v) is 5.42. The van der Waals surface area contributed by atoms with Gasteiger partial charge in [0, 0.05) is 0 Å². The van der Waals surface area contributed by atoms with Crippen LogP contribution in [0.2, 0.25) is 0 Å². The number of rotatable bonds is 2. The minimum absolute atomic E-state index is 0.438. The van der Waals surface area contributed by atoms with E-state index in [-0.39, 0.29) is 0 Å². The van der Waals surface area contributed by atoms with E-state index in [4.69, 9.17) is 9.11 Å². The third-order valence-electron chi connectivity index (χ3n) is 1.58. The van der Waals surface area contributed by atoms with Gasteiger partial charge in [-0.05, 0) is 6.07 Å². The van der Waals surface area contributed by atoms with Crippen molar-refractivity contribution >= 4 is 20.2 Å². The SMILES string of the molecule is O=S(=O)(O)c1ccc([O-])c(S(=O)(=O)O)c1[O-]. The second kappa shape index (κ2) is 3.59. The second-order valence-electron chi connectivity index (χ2n) is 2.67. The van der Waals surface area contributed by atoms with Crippen molar-refractivity contribution in [2.24, 2.45) is 0 Å². The van der Waals surface area contributed by atoms with Crippen molar-refractivity contribution < 1.29 is 36.2 Å². The lowest BCUT2D eigenvalue weighted by Gasteiger charge is -2.20. The van der Waals surface area contributed by atoms with Gasteiger partial charge >= 0.3 is 0 Å². The van der Waals surface area contributed by atoms with E-state index in [9.17, 15) is 27.0 Å². The van der Waals surface area contributed by atoms with Crippen molar-refractivity contribution in [1.82, 2.24) is 0 Å². The Morgan fingerprint density at radius 1 is 0.938 bits per heavy atom. The Labute approximate surface area is 90.3 Å². The molecule has 1 aromatic rings. The molecule has 0 heterocycles. The highest BCUT2D eigenvalue weighted by molar-refractivity contribution is 7.87. The molecule has 0 aliphatic rings. The summed E-state index contributed by atoms with van der Waals surface area (Å²) >= 11 is 0. The molecular formula is C6H4O8S2-2. The molecule has 0 aliphatic carbocycles. The first-order valence-electron chi connectivity index (χ1n) is 3.51. The van der Waals surface area contributed by atoms with Crippen molar-refractivity contribution in [3.8, 4) is 11.5 Å². The van der Waals surface area contributed by atoms with Crippen molar-refractivity contribution in [2.45, 2.75) is 9.79 Å². The molecule has 90 valence electrons. The zero-order valence-corrected chi connectivity index (χ0v) is 8.95. The maximum absolute atomic E-state index is 11.2. The van der Waals surface area contributed by atoms with Crippen LogP contribution in [-0.4, -0.2) is 25.9 Å². The van der Waals surface area contributed by atoms with E-state index in [2.05, 4.69) is 0 Å². The van der Waals surface area contributed by atoms with Crippen LogP contribution in [-0.2, 0) is 20.2 Å². The molecule has 0 aromatic heterocycles. The fraction of sp³-hybridized carbons (Fsp3) is 0. The van der Waals surface area contributed by atoms with Gasteiger partial charge in [0.2, 0.25) is 0 Å². The van der Waals surface area contributed by atoms with Crippen LogP contribution in [0.3, 0.4) is 0 Å². The van der Waals surface area contributed by atoms with Gasteiger partial charge in [0.15, 0.2) is 0 Å². The lowest BCUT2D eigenvalue weighted by atomic mass is 10.3. The highest BCUT2D eigenvalue weighted by atomic mass is 32.2. The molecule has 10 heteroatoms. The predicted molar refractivity (Wildman–Crippen MR) is 45.0 cm³/mol. The first-order valence-corrected chi connectivity index (χ1v) is 6.39. The Bertz CT molecular complexity index is 627. The third kappa shape index (κ3) is 2.24. The van der Waals surface area contributed by atoms with E-state index < -0.39 is 41.5 Å². The van der Waals surface area contributed by atoms with Gasteiger partial charge < -0.3 is 10.2 Å². The van der Waals surface area contributed by atoms with E-state index in [0.717, 1.165) is 0 Å². The van der Waals surface area contributed by atoms with Crippen LogP contribution in [0.4, 0.5) is 0 Å². The standard InChI is InChI=1S/C6H6O8S2/c7-3-1-2-4(15(9,10)11)5(8)6(3)16(12,13)14/h1-2,7-8H,(H,9,10,11)(H,12,13,14)/p-2. The summed E-state index contributed by atoms with van der Waals surface area (Å²) < 4.78 is 59.6. The smallest absolute Gasteiger partial charge is 0.293 e. The van der Waals surface area contributed by atoms with Gasteiger partial charge in [-0.25, -0.2) is 0 Å². The summed E-state index contributed by atoms with van der Waals surface area (Å²) in [5.41, 5.74) is 0. The van der Waals surface area contributed by atoms with Gasteiger partial charge in [0.25, 0.3) is 20.2 Å². The summed E-state index contributed by atoms with van der Waals surface area (Å²) in [4.78, 5) is -2.90. The molecule has 0 saturated heterocycles. The zero-order valence-electron chi connectivity index (χ0n) is 7.32. The fourth-order valence-electron chi connectivity index (χ4n) is 0.974. The lowest BCUT2D eigenvalue weighted by Crippen LogP contribution is -2.13. The van der Waals surface area contributed by atoms with Crippen LogP contribution in [0, 0.1) is 0 Å². The maximum Gasteiger partial charge on any atom is 0.293 e. The van der Waals surface area contributed by atoms with Gasteiger partial charge in [-0.1, -0.05) is 17.6 Å². The van der Waals surface area contributed by atoms with Crippen LogP contribution in [0.15, 0.2) is 21.9 Å². The van der Waals surface area contributed by atoms with Gasteiger partial charge in [-0.2, -0.15) is 16.8 Å². The molecule has 0 fully saturated rings. The molecule has 1 rings (SSSR count). The van der Waals surface area contributed by atoms with Crippen molar-refractivity contribution in [3.05, 3.63) is 12.1 Å². The molecule has 1 aromatic carbocycles. The summed E-state index contributed by atoms with van der Waals surface area (Å²) in [6.45, 7) is 0. The normalized spacial score (nSPS) is 12.6. The number of hydrogen-bond donors (Lipinski definition) is 2. The van der Waals surface area contributed by atoms with E-state index in [0.29, 0.717) is 12.1 Å². The van der Waals surface area contributed by atoms with Crippen LogP contribution in [0.1, 0.15) is 0 Å². The number of benzene rings is 1. The van der Waals surface area contributed by atoms with E-state index >= 15 is 0 Å². The Hall–Kier alpha value is -1.36. The molecule has 0 bridgehead atoms. The monoisotopic (exact) mass is 268 g/mol. The molecule has 16 heavy (non-hydrogen) atoms. The quantitative estimate of drug-likeness (QED) is 0.603. The Balaban J connectivity index is 3.79. The van der Waals surface area contributed by atoms with Crippen LogP contribution >= 0.6 is 0 Å². The Morgan fingerprint density at radius 3 is 1.81 bits per heavy atom. The summed E-state index contributed by atoms with van der Waals surface area (Å²) in [7, 11) is -10.1. The average Bonchev–Trinajstić information content (AvgIpc) is 1.97. The summed E-state index contributed by atoms with van der Waals surface area (Å²) in [5, 5.41) is 22.2. The topological polar surface area (TPSA) is 155 Å². The molecule has 8 nitrogen and oxygen atoms in total. The highest BCUT2D eigenvalue weighted by Gasteiger charge is 2.19. The molecule has 2 N–H and O–H groups in total. The third-order valence-corrected chi connectivity index (χ3v) is 3.36. The van der Waals surface area contributed by atoms with Gasteiger partial charge in [0.1, 0.15) is 0 Å². The van der Waals surface area contributed by atoms with E-state index in [1.807, 2.05) is 0 Å². The molecule has 0 amide bonds. The minimum Gasteiger partial charge on any atom is -0.872 e. The Morgan fingerprint density at radius 2 is 1.44 bits per heavy atom. The molecule has 0 atom stereocenters. The molecule has 0 aliphatic heterocycles. The maximum atomic E-state index is 11.2.